The van der Waals surface area contributed by atoms with E-state index in [-0.39, 0.29) is 18.5 Å². The summed E-state index contributed by atoms with van der Waals surface area (Å²) >= 11 is 0. The zero-order chi connectivity index (χ0) is 18.0. The molecule has 0 radical (unpaired) electrons. The first-order valence-electron chi connectivity index (χ1n) is 8.84. The van der Waals surface area contributed by atoms with Gasteiger partial charge in [0.1, 0.15) is 5.60 Å². The topological polar surface area (TPSA) is 72.5 Å². The minimum atomic E-state index is -0.405. The second-order valence-electron chi connectivity index (χ2n) is 7.62. The van der Waals surface area contributed by atoms with E-state index in [0.717, 1.165) is 31.3 Å². The number of nitrogens with two attached hydrogens (primary N) is 1. The molecule has 0 saturated heterocycles. The summed E-state index contributed by atoms with van der Waals surface area (Å²) in [5.41, 5.74) is 6.39. The summed E-state index contributed by atoms with van der Waals surface area (Å²) in [6, 6.07) is 0. The van der Waals surface area contributed by atoms with Crippen molar-refractivity contribution in [3.8, 4) is 0 Å². The van der Waals surface area contributed by atoms with Gasteiger partial charge in [0.15, 0.2) is 0 Å². The van der Waals surface area contributed by atoms with Crippen molar-refractivity contribution in [1.82, 2.24) is 0 Å². The van der Waals surface area contributed by atoms with Gasteiger partial charge in [0.05, 0.1) is 6.61 Å². The number of hydrogen-bond donors (Lipinski definition) is 2. The molecule has 3 N–H and O–H groups in total. The van der Waals surface area contributed by atoms with E-state index in [4.69, 9.17) is 10.5 Å². The quantitative estimate of drug-likeness (QED) is 0.424. The normalized spacial score (nSPS) is 14.6. The highest BCUT2D eigenvalue weighted by Crippen LogP contribution is 2.29. The third-order valence-electron chi connectivity index (χ3n) is 4.48. The van der Waals surface area contributed by atoms with E-state index in [2.05, 4.69) is 20.4 Å². The van der Waals surface area contributed by atoms with Gasteiger partial charge in [-0.1, -0.05) is 32.9 Å². The van der Waals surface area contributed by atoms with E-state index < -0.39 is 5.60 Å². The molecule has 0 aromatic heterocycles. The van der Waals surface area contributed by atoms with Crippen molar-refractivity contribution in [3.05, 3.63) is 12.2 Å². The molecular weight excluding hydrogens is 290 g/mol. The summed E-state index contributed by atoms with van der Waals surface area (Å²) in [7, 11) is 0. The Bertz CT molecular complexity index is 364. The number of hydrogen-bond acceptors (Lipinski definition) is 4. The van der Waals surface area contributed by atoms with Gasteiger partial charge in [0.25, 0.3) is 0 Å². The predicted octanol–water partition coefficient (Wildman–Crippen LogP) is 3.67. The van der Waals surface area contributed by atoms with Crippen molar-refractivity contribution in [1.29, 1.82) is 0 Å². The number of ether oxygens (including phenoxy) is 1. The first-order valence-corrected chi connectivity index (χ1v) is 8.84. The number of carbonyl (C=O) groups is 1. The van der Waals surface area contributed by atoms with E-state index in [1.165, 1.54) is 0 Å². The Morgan fingerprint density at radius 3 is 2.35 bits per heavy atom. The largest absolute Gasteiger partial charge is 0.460 e. The fraction of sp³-hybridized carbons (Fsp3) is 0.842. The average Bonchev–Trinajstić information content (AvgIpc) is 2.46. The SMILES string of the molecule is C=C(CO)CC(CC(C)C)C(CN)CCC(=O)OC(C)(C)CC. The smallest absolute Gasteiger partial charge is 0.306 e. The maximum atomic E-state index is 12.0. The Kier molecular flexibility index (Phi) is 10.4. The standard InChI is InChI=1S/C19H37NO3/c1-7-19(5,6)23-18(22)9-8-16(12-20)17(10-14(2)3)11-15(4)13-21/h14,16-17,21H,4,7-13,20H2,1-3,5-6H3. The molecule has 136 valence electrons. The molecule has 0 bridgehead atoms. The second kappa shape index (κ2) is 10.8. The van der Waals surface area contributed by atoms with E-state index in [0.29, 0.717) is 24.8 Å². The van der Waals surface area contributed by atoms with Gasteiger partial charge in [0, 0.05) is 6.42 Å². The minimum Gasteiger partial charge on any atom is -0.460 e. The summed E-state index contributed by atoms with van der Waals surface area (Å²) in [5, 5.41) is 9.24. The first-order chi connectivity index (χ1) is 10.6. The molecule has 4 heteroatoms. The molecular formula is C19H37NO3. The lowest BCUT2D eigenvalue weighted by Crippen LogP contribution is -2.29. The Morgan fingerprint density at radius 2 is 1.91 bits per heavy atom. The molecule has 2 atom stereocenters. The molecule has 2 unspecified atom stereocenters. The van der Waals surface area contributed by atoms with E-state index in [1.807, 2.05) is 20.8 Å². The summed E-state index contributed by atoms with van der Waals surface area (Å²) in [6.45, 7) is 14.7. The molecule has 0 spiro atoms. The lowest BCUT2D eigenvalue weighted by molar-refractivity contribution is -0.157. The van der Waals surface area contributed by atoms with E-state index in [1.54, 1.807) is 0 Å². The Labute approximate surface area is 142 Å². The Morgan fingerprint density at radius 1 is 1.30 bits per heavy atom. The molecule has 0 rings (SSSR count). The minimum absolute atomic E-state index is 0.0125. The summed E-state index contributed by atoms with van der Waals surface area (Å²) < 4.78 is 5.51. The van der Waals surface area contributed by atoms with Gasteiger partial charge in [-0.2, -0.15) is 0 Å². The van der Waals surface area contributed by atoms with E-state index in [9.17, 15) is 9.90 Å². The fourth-order valence-electron chi connectivity index (χ4n) is 2.76. The van der Waals surface area contributed by atoms with Crippen LogP contribution in [-0.4, -0.2) is 29.8 Å². The maximum Gasteiger partial charge on any atom is 0.306 e. The van der Waals surface area contributed by atoms with Crippen molar-refractivity contribution in [2.75, 3.05) is 13.2 Å². The van der Waals surface area contributed by atoms with E-state index >= 15 is 0 Å². The molecule has 0 aliphatic carbocycles. The molecule has 0 aliphatic heterocycles. The van der Waals surface area contributed by atoms with Crippen LogP contribution in [0.25, 0.3) is 0 Å². The highest BCUT2D eigenvalue weighted by Gasteiger charge is 2.25. The molecule has 4 nitrogen and oxygen atoms in total. The molecule has 0 fully saturated rings. The van der Waals surface area contributed by atoms with Crippen LogP contribution >= 0.6 is 0 Å². The van der Waals surface area contributed by atoms with Gasteiger partial charge >= 0.3 is 5.97 Å². The molecule has 0 heterocycles. The van der Waals surface area contributed by atoms with Gasteiger partial charge in [0.2, 0.25) is 0 Å². The monoisotopic (exact) mass is 327 g/mol. The average molecular weight is 328 g/mol. The van der Waals surface area contributed by atoms with Gasteiger partial charge in [-0.05, 0) is 63.8 Å². The zero-order valence-corrected chi connectivity index (χ0v) is 15.7. The van der Waals surface area contributed by atoms with Crippen LogP contribution in [0.4, 0.5) is 0 Å². The van der Waals surface area contributed by atoms with Crippen LogP contribution in [0.2, 0.25) is 0 Å². The molecule has 0 aromatic carbocycles. The van der Waals surface area contributed by atoms with Crippen LogP contribution in [0, 0.1) is 17.8 Å². The van der Waals surface area contributed by atoms with Crippen molar-refractivity contribution in [2.24, 2.45) is 23.5 Å². The first kappa shape index (κ1) is 22.1. The van der Waals surface area contributed by atoms with Gasteiger partial charge in [-0.25, -0.2) is 0 Å². The number of esters is 1. The third-order valence-corrected chi connectivity index (χ3v) is 4.48. The molecule has 0 aliphatic rings. The van der Waals surface area contributed by atoms with Crippen LogP contribution < -0.4 is 5.73 Å². The molecule has 0 aromatic rings. The number of carbonyl (C=O) groups excluding carboxylic acids is 1. The summed E-state index contributed by atoms with van der Waals surface area (Å²) in [5.74, 6) is 0.996. The fourth-order valence-corrected chi connectivity index (χ4v) is 2.76. The highest BCUT2D eigenvalue weighted by atomic mass is 16.6. The lowest BCUT2D eigenvalue weighted by atomic mass is 9.79. The van der Waals surface area contributed by atoms with Crippen molar-refractivity contribution in [3.63, 3.8) is 0 Å². The number of rotatable bonds is 12. The van der Waals surface area contributed by atoms with Crippen molar-refractivity contribution >= 4 is 5.97 Å². The van der Waals surface area contributed by atoms with Crippen LogP contribution in [0.15, 0.2) is 12.2 Å². The molecule has 0 amide bonds. The lowest BCUT2D eigenvalue weighted by Gasteiger charge is -2.29. The summed E-state index contributed by atoms with van der Waals surface area (Å²) in [6.07, 6.45) is 3.71. The van der Waals surface area contributed by atoms with Crippen LogP contribution in [-0.2, 0) is 9.53 Å². The van der Waals surface area contributed by atoms with Gasteiger partial charge in [-0.15, -0.1) is 0 Å². The predicted molar refractivity (Wildman–Crippen MR) is 96.0 cm³/mol. The van der Waals surface area contributed by atoms with Crippen LogP contribution in [0.5, 0.6) is 0 Å². The number of aliphatic hydroxyl groups excluding tert-OH is 1. The third kappa shape index (κ3) is 9.77. The van der Waals surface area contributed by atoms with Crippen LogP contribution in [0.1, 0.15) is 66.7 Å². The highest BCUT2D eigenvalue weighted by molar-refractivity contribution is 5.69. The zero-order valence-electron chi connectivity index (χ0n) is 15.7. The maximum absolute atomic E-state index is 12.0. The number of aliphatic hydroxyl groups is 1. The van der Waals surface area contributed by atoms with Gasteiger partial charge in [-0.3, -0.25) is 4.79 Å². The van der Waals surface area contributed by atoms with Gasteiger partial charge < -0.3 is 15.6 Å². The Hall–Kier alpha value is -0.870. The van der Waals surface area contributed by atoms with Crippen molar-refractivity contribution in [2.45, 2.75) is 72.3 Å². The summed E-state index contributed by atoms with van der Waals surface area (Å²) in [4.78, 5) is 12.0. The molecule has 0 saturated carbocycles. The van der Waals surface area contributed by atoms with Crippen molar-refractivity contribution < 1.29 is 14.6 Å². The van der Waals surface area contributed by atoms with Crippen LogP contribution in [0.3, 0.4) is 0 Å². The Balaban J connectivity index is 4.67. The molecule has 23 heavy (non-hydrogen) atoms. The second-order valence-corrected chi connectivity index (χ2v) is 7.62.